The first-order chi connectivity index (χ1) is 10.0. The molecule has 0 bridgehead atoms. The highest BCUT2D eigenvalue weighted by molar-refractivity contribution is 5.09. The third-order valence-electron chi connectivity index (χ3n) is 5.99. The van der Waals surface area contributed by atoms with Gasteiger partial charge in [0.15, 0.2) is 0 Å². The molecule has 1 unspecified atom stereocenters. The molecule has 3 nitrogen and oxygen atoms in total. The first kappa shape index (κ1) is 15.1. The minimum absolute atomic E-state index is 0.000130. The van der Waals surface area contributed by atoms with Crippen molar-refractivity contribution in [1.82, 2.24) is 9.78 Å². The molecule has 1 aromatic rings. The lowest BCUT2D eigenvalue weighted by Gasteiger charge is -2.46. The maximum Gasteiger partial charge on any atom is 0.0754 e. The van der Waals surface area contributed by atoms with Crippen LogP contribution in [0.4, 0.5) is 0 Å². The second kappa shape index (κ2) is 5.75. The van der Waals surface area contributed by atoms with Crippen LogP contribution in [0.25, 0.3) is 0 Å². The molecule has 1 N–H and O–H groups in total. The Morgan fingerprint density at radius 2 is 1.86 bits per heavy atom. The molecule has 0 saturated heterocycles. The van der Waals surface area contributed by atoms with E-state index in [1.54, 1.807) is 0 Å². The van der Waals surface area contributed by atoms with Gasteiger partial charge in [-0.05, 0) is 37.2 Å². The van der Waals surface area contributed by atoms with E-state index in [-0.39, 0.29) is 5.41 Å². The molecule has 118 valence electrons. The van der Waals surface area contributed by atoms with Crippen molar-refractivity contribution in [2.45, 2.75) is 89.7 Å². The zero-order chi connectivity index (χ0) is 14.9. The fourth-order valence-corrected chi connectivity index (χ4v) is 4.20. The lowest BCUT2D eigenvalue weighted by Crippen LogP contribution is -2.48. The molecule has 2 aliphatic carbocycles. The van der Waals surface area contributed by atoms with Gasteiger partial charge in [-0.2, -0.15) is 5.10 Å². The SMILES string of the molecule is CC1(C)CCCCC1(O)Cc1ccn(C2CCCCC2)n1. The Bertz CT molecular complexity index is 473. The van der Waals surface area contributed by atoms with Gasteiger partial charge in [0.25, 0.3) is 0 Å². The van der Waals surface area contributed by atoms with Crippen molar-refractivity contribution in [2.75, 3.05) is 0 Å². The number of nitrogens with zero attached hydrogens (tertiary/aromatic N) is 2. The fraction of sp³-hybridized carbons (Fsp3) is 0.833. The quantitative estimate of drug-likeness (QED) is 0.903. The standard InChI is InChI=1S/C18H30N2O/c1-17(2)11-6-7-12-18(17,21)14-15-10-13-20(19-15)16-8-4-3-5-9-16/h10,13,16,21H,3-9,11-12,14H2,1-2H3. The molecule has 0 aliphatic heterocycles. The van der Waals surface area contributed by atoms with Crippen molar-refractivity contribution >= 4 is 0 Å². The first-order valence-electron chi connectivity index (χ1n) is 8.77. The zero-order valence-corrected chi connectivity index (χ0v) is 13.6. The van der Waals surface area contributed by atoms with E-state index in [0.29, 0.717) is 12.5 Å². The summed E-state index contributed by atoms with van der Waals surface area (Å²) in [6, 6.07) is 2.71. The largest absolute Gasteiger partial charge is 0.389 e. The average molecular weight is 290 g/mol. The summed E-state index contributed by atoms with van der Waals surface area (Å²) in [5.41, 5.74) is 0.481. The van der Waals surface area contributed by atoms with Crippen LogP contribution in [-0.4, -0.2) is 20.5 Å². The van der Waals surface area contributed by atoms with Gasteiger partial charge in [0, 0.05) is 12.6 Å². The van der Waals surface area contributed by atoms with Gasteiger partial charge < -0.3 is 5.11 Å². The van der Waals surface area contributed by atoms with Crippen LogP contribution in [0.5, 0.6) is 0 Å². The summed E-state index contributed by atoms with van der Waals surface area (Å²) >= 11 is 0. The molecule has 0 aromatic carbocycles. The van der Waals surface area contributed by atoms with Gasteiger partial charge in [-0.25, -0.2) is 0 Å². The van der Waals surface area contributed by atoms with Gasteiger partial charge in [-0.3, -0.25) is 4.68 Å². The summed E-state index contributed by atoms with van der Waals surface area (Å²) in [4.78, 5) is 0. The van der Waals surface area contributed by atoms with Gasteiger partial charge in [0.05, 0.1) is 17.3 Å². The lowest BCUT2D eigenvalue weighted by atomic mass is 9.64. The highest BCUT2D eigenvalue weighted by Crippen LogP contribution is 2.45. The smallest absolute Gasteiger partial charge is 0.0754 e. The Hall–Kier alpha value is -0.830. The number of aliphatic hydroxyl groups is 1. The molecular formula is C18H30N2O. The van der Waals surface area contributed by atoms with E-state index in [9.17, 15) is 5.11 Å². The average Bonchev–Trinajstić information content (AvgIpc) is 2.92. The molecule has 0 spiro atoms. The van der Waals surface area contributed by atoms with Crippen molar-refractivity contribution in [3.05, 3.63) is 18.0 Å². The highest BCUT2D eigenvalue weighted by Gasteiger charge is 2.45. The Kier molecular flexibility index (Phi) is 4.13. The third kappa shape index (κ3) is 3.03. The molecular weight excluding hydrogens is 260 g/mol. The summed E-state index contributed by atoms with van der Waals surface area (Å²) in [5.74, 6) is 0. The summed E-state index contributed by atoms with van der Waals surface area (Å²) in [6.45, 7) is 4.43. The molecule has 0 amide bonds. The number of aromatic nitrogens is 2. The number of hydrogen-bond acceptors (Lipinski definition) is 2. The van der Waals surface area contributed by atoms with Gasteiger partial charge in [0.1, 0.15) is 0 Å². The molecule has 1 heterocycles. The second-order valence-corrected chi connectivity index (χ2v) is 7.88. The zero-order valence-electron chi connectivity index (χ0n) is 13.6. The topological polar surface area (TPSA) is 38.0 Å². The van der Waals surface area contributed by atoms with Gasteiger partial charge in [0.2, 0.25) is 0 Å². The van der Waals surface area contributed by atoms with E-state index in [2.05, 4.69) is 30.8 Å². The molecule has 2 aliphatic rings. The van der Waals surface area contributed by atoms with Crippen LogP contribution >= 0.6 is 0 Å². The molecule has 2 saturated carbocycles. The van der Waals surface area contributed by atoms with E-state index in [1.807, 2.05) is 0 Å². The Morgan fingerprint density at radius 1 is 1.14 bits per heavy atom. The Balaban J connectivity index is 1.71. The monoisotopic (exact) mass is 290 g/mol. The normalized spacial score (nSPS) is 30.4. The molecule has 3 rings (SSSR count). The third-order valence-corrected chi connectivity index (χ3v) is 5.99. The first-order valence-corrected chi connectivity index (χ1v) is 8.77. The van der Waals surface area contributed by atoms with Gasteiger partial charge in [-0.1, -0.05) is 46.0 Å². The van der Waals surface area contributed by atoms with Crippen LogP contribution in [0.15, 0.2) is 12.3 Å². The number of rotatable bonds is 3. The summed E-state index contributed by atoms with van der Waals surface area (Å²) in [5, 5.41) is 15.9. The van der Waals surface area contributed by atoms with Crippen LogP contribution in [0.2, 0.25) is 0 Å². The Labute approximate surface area is 128 Å². The van der Waals surface area contributed by atoms with Crippen molar-refractivity contribution < 1.29 is 5.11 Å². The maximum absolute atomic E-state index is 11.1. The van der Waals surface area contributed by atoms with Crippen molar-refractivity contribution in [2.24, 2.45) is 5.41 Å². The number of hydrogen-bond donors (Lipinski definition) is 1. The molecule has 21 heavy (non-hydrogen) atoms. The van der Waals surface area contributed by atoms with Crippen LogP contribution in [0.3, 0.4) is 0 Å². The molecule has 1 atom stereocenters. The van der Waals surface area contributed by atoms with Crippen molar-refractivity contribution in [3.8, 4) is 0 Å². The van der Waals surface area contributed by atoms with E-state index in [4.69, 9.17) is 5.10 Å². The maximum atomic E-state index is 11.1. The van der Waals surface area contributed by atoms with Crippen LogP contribution in [0.1, 0.15) is 83.4 Å². The highest BCUT2D eigenvalue weighted by atomic mass is 16.3. The van der Waals surface area contributed by atoms with Crippen LogP contribution in [-0.2, 0) is 6.42 Å². The van der Waals surface area contributed by atoms with Crippen molar-refractivity contribution in [3.63, 3.8) is 0 Å². The molecule has 2 fully saturated rings. The minimum Gasteiger partial charge on any atom is -0.389 e. The van der Waals surface area contributed by atoms with Crippen LogP contribution < -0.4 is 0 Å². The van der Waals surface area contributed by atoms with E-state index in [0.717, 1.165) is 25.0 Å². The summed E-state index contributed by atoms with van der Waals surface area (Å²) < 4.78 is 2.16. The second-order valence-electron chi connectivity index (χ2n) is 7.88. The summed E-state index contributed by atoms with van der Waals surface area (Å²) in [7, 11) is 0. The van der Waals surface area contributed by atoms with Crippen molar-refractivity contribution in [1.29, 1.82) is 0 Å². The van der Waals surface area contributed by atoms with E-state index >= 15 is 0 Å². The fourth-order valence-electron chi connectivity index (χ4n) is 4.20. The predicted molar refractivity (Wildman–Crippen MR) is 85.3 cm³/mol. The van der Waals surface area contributed by atoms with Gasteiger partial charge in [-0.15, -0.1) is 0 Å². The molecule has 0 radical (unpaired) electrons. The Morgan fingerprint density at radius 3 is 2.57 bits per heavy atom. The molecule has 3 heteroatoms. The van der Waals surface area contributed by atoms with E-state index < -0.39 is 5.60 Å². The summed E-state index contributed by atoms with van der Waals surface area (Å²) in [6.07, 6.45) is 13.8. The predicted octanol–water partition coefficient (Wildman–Crippen LogP) is 4.26. The lowest BCUT2D eigenvalue weighted by molar-refractivity contribution is -0.0965. The van der Waals surface area contributed by atoms with Crippen LogP contribution in [0, 0.1) is 5.41 Å². The van der Waals surface area contributed by atoms with Gasteiger partial charge >= 0.3 is 0 Å². The minimum atomic E-state index is -0.586. The molecule has 1 aromatic heterocycles. The van der Waals surface area contributed by atoms with E-state index in [1.165, 1.54) is 38.5 Å².